The molecular formula is C21H31Br2N3O. The van der Waals surface area contributed by atoms with Crippen molar-refractivity contribution in [1.82, 2.24) is 9.80 Å². The van der Waals surface area contributed by atoms with Gasteiger partial charge in [-0.2, -0.15) is 0 Å². The fourth-order valence-corrected chi connectivity index (χ4v) is 5.76. The molecule has 0 saturated carbocycles. The lowest BCUT2D eigenvalue weighted by molar-refractivity contribution is -0.134. The van der Waals surface area contributed by atoms with Crippen LogP contribution in [0.2, 0.25) is 0 Å². The van der Waals surface area contributed by atoms with E-state index in [0.29, 0.717) is 6.42 Å². The van der Waals surface area contributed by atoms with E-state index < -0.39 is 6.04 Å². The Hall–Kier alpha value is -0.430. The Balaban J connectivity index is 1.51. The van der Waals surface area contributed by atoms with E-state index in [9.17, 15) is 4.79 Å². The highest BCUT2D eigenvalue weighted by atomic mass is 79.9. The van der Waals surface area contributed by atoms with Gasteiger partial charge in [-0.25, -0.2) is 0 Å². The highest BCUT2D eigenvalue weighted by molar-refractivity contribution is 9.11. The summed E-state index contributed by atoms with van der Waals surface area (Å²) in [6.45, 7) is 6.22. The molecular weight excluding hydrogens is 470 g/mol. The molecule has 2 aliphatic rings. The number of halogens is 2. The van der Waals surface area contributed by atoms with Gasteiger partial charge in [0, 0.05) is 22.0 Å². The molecule has 1 aromatic rings. The van der Waals surface area contributed by atoms with Gasteiger partial charge in [0.25, 0.3) is 0 Å². The van der Waals surface area contributed by atoms with Gasteiger partial charge < -0.3 is 15.5 Å². The number of carbonyl (C=O) groups is 1. The van der Waals surface area contributed by atoms with E-state index >= 15 is 0 Å². The van der Waals surface area contributed by atoms with Gasteiger partial charge in [-0.05, 0) is 94.3 Å². The fraction of sp³-hybridized carbons (Fsp3) is 0.667. The molecule has 1 atom stereocenters. The van der Waals surface area contributed by atoms with Crippen molar-refractivity contribution in [2.24, 2.45) is 17.6 Å². The summed E-state index contributed by atoms with van der Waals surface area (Å²) in [5.41, 5.74) is 8.53. The van der Waals surface area contributed by atoms with E-state index in [-0.39, 0.29) is 5.91 Å². The topological polar surface area (TPSA) is 49.6 Å². The average molecular weight is 501 g/mol. The fourth-order valence-electron chi connectivity index (χ4n) is 4.48. The zero-order valence-electron chi connectivity index (χ0n) is 16.4. The predicted molar refractivity (Wildman–Crippen MR) is 118 cm³/mol. The summed E-state index contributed by atoms with van der Waals surface area (Å²) >= 11 is 7.16. The van der Waals surface area contributed by atoms with Crippen molar-refractivity contribution in [3.63, 3.8) is 0 Å². The molecule has 4 nitrogen and oxygen atoms in total. The van der Waals surface area contributed by atoms with Crippen molar-refractivity contribution < 1.29 is 4.79 Å². The standard InChI is InChI=1S/C21H31Br2N3O/c1-14-18(22)11-15(12-19(14)23)13-20(24)21(27)26-9-5-17(6-10-26)16-3-7-25(2)8-4-16/h11-12,16-17,20H,3-10,13,24H2,1-2H3/t20-/m1/s1. The van der Waals surface area contributed by atoms with Crippen LogP contribution in [0, 0.1) is 18.8 Å². The number of nitrogens with two attached hydrogens (primary N) is 1. The summed E-state index contributed by atoms with van der Waals surface area (Å²) in [4.78, 5) is 17.3. The Morgan fingerprint density at radius 3 is 2.07 bits per heavy atom. The third kappa shape index (κ3) is 5.34. The molecule has 150 valence electrons. The van der Waals surface area contributed by atoms with Gasteiger partial charge in [-0.1, -0.05) is 31.9 Å². The Labute approximate surface area is 180 Å². The zero-order valence-corrected chi connectivity index (χ0v) is 19.6. The molecule has 1 aromatic carbocycles. The molecule has 0 aromatic heterocycles. The summed E-state index contributed by atoms with van der Waals surface area (Å²) in [5.74, 6) is 1.72. The van der Waals surface area contributed by atoms with E-state index in [1.807, 2.05) is 4.90 Å². The summed E-state index contributed by atoms with van der Waals surface area (Å²) in [6.07, 6.45) is 5.46. The second-order valence-corrected chi connectivity index (χ2v) is 10.0. The van der Waals surface area contributed by atoms with Gasteiger partial charge in [0.1, 0.15) is 0 Å². The SMILES string of the molecule is Cc1c(Br)cc(C[C@@H](N)C(=O)N2CCC(C3CCN(C)CC3)CC2)cc1Br. The summed E-state index contributed by atoms with van der Waals surface area (Å²) in [6, 6.07) is 3.67. The molecule has 2 heterocycles. The molecule has 0 spiro atoms. The van der Waals surface area contributed by atoms with Crippen LogP contribution in [-0.4, -0.2) is 55.0 Å². The number of hydrogen-bond acceptors (Lipinski definition) is 3. The van der Waals surface area contributed by atoms with Crippen molar-refractivity contribution >= 4 is 37.8 Å². The lowest BCUT2D eigenvalue weighted by Gasteiger charge is -2.40. The maximum absolute atomic E-state index is 12.8. The molecule has 2 saturated heterocycles. The first kappa shape index (κ1) is 21.3. The molecule has 1 amide bonds. The highest BCUT2D eigenvalue weighted by Crippen LogP contribution is 2.32. The van der Waals surface area contributed by atoms with Crippen LogP contribution in [0.25, 0.3) is 0 Å². The van der Waals surface area contributed by atoms with Crippen molar-refractivity contribution in [2.45, 2.75) is 45.1 Å². The molecule has 0 unspecified atom stereocenters. The molecule has 2 aliphatic heterocycles. The van der Waals surface area contributed by atoms with Crippen molar-refractivity contribution in [1.29, 1.82) is 0 Å². The third-order valence-electron chi connectivity index (χ3n) is 6.39. The lowest BCUT2D eigenvalue weighted by atomic mass is 9.79. The summed E-state index contributed by atoms with van der Waals surface area (Å²) in [7, 11) is 2.21. The van der Waals surface area contributed by atoms with Crippen LogP contribution in [0.5, 0.6) is 0 Å². The van der Waals surface area contributed by atoms with Gasteiger partial charge in [0.15, 0.2) is 0 Å². The van der Waals surface area contributed by atoms with Gasteiger partial charge in [0.05, 0.1) is 6.04 Å². The minimum absolute atomic E-state index is 0.102. The number of likely N-dealkylation sites (tertiary alicyclic amines) is 2. The normalized spacial score (nSPS) is 21.4. The zero-order chi connectivity index (χ0) is 19.6. The second kappa shape index (κ2) is 9.38. The van der Waals surface area contributed by atoms with Crippen molar-refractivity contribution in [3.05, 3.63) is 32.2 Å². The van der Waals surface area contributed by atoms with E-state index in [1.54, 1.807) is 0 Å². The van der Waals surface area contributed by atoms with Crippen LogP contribution in [-0.2, 0) is 11.2 Å². The first-order chi connectivity index (χ1) is 12.8. The molecule has 0 radical (unpaired) electrons. The second-order valence-electron chi connectivity index (χ2n) is 8.30. The van der Waals surface area contributed by atoms with Crippen LogP contribution in [0.1, 0.15) is 36.8 Å². The van der Waals surface area contributed by atoms with Gasteiger partial charge in [-0.15, -0.1) is 0 Å². The van der Waals surface area contributed by atoms with Crippen molar-refractivity contribution in [3.8, 4) is 0 Å². The number of benzene rings is 1. The minimum Gasteiger partial charge on any atom is -0.341 e. The van der Waals surface area contributed by atoms with Gasteiger partial charge in [-0.3, -0.25) is 4.79 Å². The maximum atomic E-state index is 12.8. The molecule has 2 fully saturated rings. The van der Waals surface area contributed by atoms with Crippen LogP contribution in [0.15, 0.2) is 21.1 Å². The monoisotopic (exact) mass is 499 g/mol. The maximum Gasteiger partial charge on any atom is 0.239 e. The number of piperidine rings is 2. The third-order valence-corrected chi connectivity index (χ3v) is 8.04. The molecule has 2 N–H and O–H groups in total. The van der Waals surface area contributed by atoms with E-state index in [1.165, 1.54) is 25.9 Å². The van der Waals surface area contributed by atoms with Crippen LogP contribution in [0.3, 0.4) is 0 Å². The molecule has 0 bridgehead atoms. The smallest absolute Gasteiger partial charge is 0.239 e. The Bertz CT molecular complexity index is 642. The van der Waals surface area contributed by atoms with Crippen molar-refractivity contribution in [2.75, 3.05) is 33.2 Å². The molecule has 0 aliphatic carbocycles. The predicted octanol–water partition coefficient (Wildman–Crippen LogP) is 3.97. The number of nitrogens with zero attached hydrogens (tertiary/aromatic N) is 2. The van der Waals surface area contributed by atoms with E-state index in [4.69, 9.17) is 5.73 Å². The number of rotatable bonds is 4. The number of amides is 1. The van der Waals surface area contributed by atoms with Gasteiger partial charge >= 0.3 is 0 Å². The summed E-state index contributed by atoms with van der Waals surface area (Å²) in [5, 5.41) is 0. The first-order valence-electron chi connectivity index (χ1n) is 10.0. The van der Waals surface area contributed by atoms with Crippen LogP contribution in [0.4, 0.5) is 0 Å². The number of hydrogen-bond donors (Lipinski definition) is 1. The van der Waals surface area contributed by atoms with E-state index in [0.717, 1.165) is 57.8 Å². The Kier molecular flexibility index (Phi) is 7.39. The Morgan fingerprint density at radius 2 is 1.56 bits per heavy atom. The minimum atomic E-state index is -0.466. The summed E-state index contributed by atoms with van der Waals surface area (Å²) < 4.78 is 2.09. The van der Waals surface area contributed by atoms with Crippen LogP contribution < -0.4 is 5.73 Å². The Morgan fingerprint density at radius 1 is 1.07 bits per heavy atom. The van der Waals surface area contributed by atoms with E-state index in [2.05, 4.69) is 62.9 Å². The quantitative estimate of drug-likeness (QED) is 0.680. The average Bonchev–Trinajstić information content (AvgIpc) is 2.66. The van der Waals surface area contributed by atoms with Gasteiger partial charge in [0.2, 0.25) is 5.91 Å². The largest absolute Gasteiger partial charge is 0.341 e. The van der Waals surface area contributed by atoms with Crippen LogP contribution >= 0.6 is 31.9 Å². The number of carbonyl (C=O) groups excluding carboxylic acids is 1. The highest BCUT2D eigenvalue weighted by Gasteiger charge is 2.31. The molecule has 3 rings (SSSR count). The lowest BCUT2D eigenvalue weighted by Crippen LogP contribution is -2.49. The first-order valence-corrected chi connectivity index (χ1v) is 11.6. The molecule has 27 heavy (non-hydrogen) atoms. The molecule has 6 heteroatoms.